The van der Waals surface area contributed by atoms with Crippen LogP contribution in [0.5, 0.6) is 0 Å². The van der Waals surface area contributed by atoms with Crippen LogP contribution in [0.25, 0.3) is 0 Å². The smallest absolute Gasteiger partial charge is 0.407 e. The molecule has 0 saturated carbocycles. The fourth-order valence-electron chi connectivity index (χ4n) is 1.95. The summed E-state index contributed by atoms with van der Waals surface area (Å²) in [5, 5.41) is 0. The fourth-order valence-corrected chi connectivity index (χ4v) is 1.95. The molecule has 1 fully saturated rings. The Morgan fingerprint density at radius 2 is 1.82 bits per heavy atom. The van der Waals surface area contributed by atoms with Crippen molar-refractivity contribution in [1.82, 2.24) is 0 Å². The lowest BCUT2D eigenvalue weighted by Crippen LogP contribution is -2.47. The third-order valence-corrected chi connectivity index (χ3v) is 3.10. The van der Waals surface area contributed by atoms with Crippen molar-refractivity contribution in [2.24, 2.45) is 5.41 Å². The first-order chi connectivity index (χ1) is 7.98. The third-order valence-electron chi connectivity index (χ3n) is 3.10. The van der Waals surface area contributed by atoms with E-state index in [1.165, 1.54) is 5.56 Å². The lowest BCUT2D eigenvalue weighted by molar-refractivity contribution is 0.0343. The Balaban J connectivity index is 2.10. The van der Waals surface area contributed by atoms with Crippen LogP contribution in [-0.4, -0.2) is 20.3 Å². The van der Waals surface area contributed by atoms with E-state index in [4.69, 9.17) is 9.31 Å². The maximum atomic E-state index is 5.79. The van der Waals surface area contributed by atoms with E-state index in [1.54, 1.807) is 0 Å². The second-order valence-electron chi connectivity index (χ2n) is 5.94. The fraction of sp³-hybridized carbons (Fsp3) is 0.571. The van der Waals surface area contributed by atoms with Crippen LogP contribution in [0.3, 0.4) is 0 Å². The number of hydrogen-bond acceptors (Lipinski definition) is 2. The molecule has 1 aromatic rings. The van der Waals surface area contributed by atoms with Gasteiger partial charge in [-0.25, -0.2) is 0 Å². The molecule has 1 aliphatic rings. The maximum absolute atomic E-state index is 5.79. The summed E-state index contributed by atoms with van der Waals surface area (Å²) in [6, 6.07) is 8.50. The predicted octanol–water partition coefficient (Wildman–Crippen LogP) is 2.58. The summed E-state index contributed by atoms with van der Waals surface area (Å²) in [6.07, 6.45) is 0. The molecule has 0 spiro atoms. The molecule has 0 aromatic heterocycles. The molecule has 92 valence electrons. The minimum atomic E-state index is -0.193. The Morgan fingerprint density at radius 1 is 1.18 bits per heavy atom. The molecule has 0 N–H and O–H groups in total. The van der Waals surface area contributed by atoms with Crippen LogP contribution >= 0.6 is 0 Å². The van der Waals surface area contributed by atoms with Crippen molar-refractivity contribution in [3.63, 3.8) is 0 Å². The summed E-state index contributed by atoms with van der Waals surface area (Å²) in [6.45, 7) is 10.2. The van der Waals surface area contributed by atoms with Gasteiger partial charge >= 0.3 is 7.12 Å². The minimum absolute atomic E-state index is 0.131. The van der Waals surface area contributed by atoms with Crippen molar-refractivity contribution in [2.75, 3.05) is 13.2 Å². The molecule has 0 atom stereocenters. The molecule has 0 radical (unpaired) electrons. The van der Waals surface area contributed by atoms with Crippen molar-refractivity contribution < 1.29 is 9.31 Å². The van der Waals surface area contributed by atoms with E-state index in [2.05, 4.69) is 52.0 Å². The topological polar surface area (TPSA) is 18.5 Å². The summed E-state index contributed by atoms with van der Waals surface area (Å²) >= 11 is 0. The zero-order valence-electron chi connectivity index (χ0n) is 11.2. The van der Waals surface area contributed by atoms with Crippen molar-refractivity contribution >= 4 is 12.6 Å². The molecular formula is C14H21BO2. The second-order valence-corrected chi connectivity index (χ2v) is 5.94. The molecular weight excluding hydrogens is 211 g/mol. The van der Waals surface area contributed by atoms with Crippen LogP contribution in [0, 0.1) is 5.41 Å². The molecule has 0 amide bonds. The average Bonchev–Trinajstić information content (AvgIpc) is 2.29. The third kappa shape index (κ3) is 3.11. The molecule has 0 unspecified atom stereocenters. The summed E-state index contributed by atoms with van der Waals surface area (Å²) in [5.74, 6) is 0.537. The highest BCUT2D eigenvalue weighted by atomic mass is 16.6. The number of hydrogen-bond donors (Lipinski definition) is 0. The first-order valence-electron chi connectivity index (χ1n) is 6.31. The van der Waals surface area contributed by atoms with Gasteiger partial charge in [-0.3, -0.25) is 0 Å². The van der Waals surface area contributed by atoms with Crippen LogP contribution in [0.2, 0.25) is 0 Å². The molecule has 1 heterocycles. The Kier molecular flexibility index (Phi) is 3.60. The van der Waals surface area contributed by atoms with Crippen LogP contribution in [0.4, 0.5) is 0 Å². The summed E-state index contributed by atoms with van der Waals surface area (Å²) in [7, 11) is -0.193. The van der Waals surface area contributed by atoms with Gasteiger partial charge in [0.25, 0.3) is 0 Å². The Labute approximate surface area is 104 Å². The van der Waals surface area contributed by atoms with Gasteiger partial charge in [0.2, 0.25) is 0 Å². The van der Waals surface area contributed by atoms with Crippen molar-refractivity contribution in [3.05, 3.63) is 29.8 Å². The van der Waals surface area contributed by atoms with Crippen molar-refractivity contribution in [3.8, 4) is 0 Å². The standard InChI is InChI=1S/C14H21BO2/c1-11(2)12-6-5-7-13(8-12)15-16-9-14(3,4)10-17-15/h5-8,11H,9-10H2,1-4H3. The van der Waals surface area contributed by atoms with Gasteiger partial charge in [0, 0.05) is 18.6 Å². The van der Waals surface area contributed by atoms with Gasteiger partial charge in [0.05, 0.1) is 0 Å². The highest BCUT2D eigenvalue weighted by Gasteiger charge is 2.33. The summed E-state index contributed by atoms with van der Waals surface area (Å²) in [5.41, 5.74) is 2.60. The lowest BCUT2D eigenvalue weighted by atomic mass is 9.75. The van der Waals surface area contributed by atoms with Crippen LogP contribution < -0.4 is 5.46 Å². The van der Waals surface area contributed by atoms with E-state index in [1.807, 2.05) is 0 Å². The van der Waals surface area contributed by atoms with E-state index >= 15 is 0 Å². The molecule has 1 saturated heterocycles. The minimum Gasteiger partial charge on any atom is -0.407 e. The van der Waals surface area contributed by atoms with Crippen molar-refractivity contribution in [2.45, 2.75) is 33.6 Å². The van der Waals surface area contributed by atoms with Gasteiger partial charge in [0.15, 0.2) is 0 Å². The van der Waals surface area contributed by atoms with Gasteiger partial charge < -0.3 is 9.31 Å². The largest absolute Gasteiger partial charge is 0.493 e. The monoisotopic (exact) mass is 232 g/mol. The maximum Gasteiger partial charge on any atom is 0.493 e. The molecule has 2 nitrogen and oxygen atoms in total. The van der Waals surface area contributed by atoms with E-state index in [0.717, 1.165) is 18.7 Å². The summed E-state index contributed by atoms with van der Waals surface area (Å²) < 4.78 is 11.6. The Bertz CT molecular complexity index is 378. The first-order valence-corrected chi connectivity index (χ1v) is 6.31. The van der Waals surface area contributed by atoms with E-state index in [0.29, 0.717) is 5.92 Å². The summed E-state index contributed by atoms with van der Waals surface area (Å²) in [4.78, 5) is 0. The second kappa shape index (κ2) is 4.83. The molecule has 1 aromatic carbocycles. The lowest BCUT2D eigenvalue weighted by Gasteiger charge is -2.33. The van der Waals surface area contributed by atoms with Gasteiger partial charge in [-0.05, 0) is 16.9 Å². The van der Waals surface area contributed by atoms with Gasteiger partial charge in [-0.1, -0.05) is 52.0 Å². The number of rotatable bonds is 2. The molecule has 3 heteroatoms. The highest BCUT2D eigenvalue weighted by molar-refractivity contribution is 6.61. The van der Waals surface area contributed by atoms with Gasteiger partial charge in [-0.15, -0.1) is 0 Å². The first kappa shape index (κ1) is 12.7. The SMILES string of the molecule is CC(C)c1cccc(B2OCC(C)(C)CO2)c1. The van der Waals surface area contributed by atoms with Gasteiger partial charge in [-0.2, -0.15) is 0 Å². The average molecular weight is 232 g/mol. The van der Waals surface area contributed by atoms with Gasteiger partial charge in [0.1, 0.15) is 0 Å². The predicted molar refractivity (Wildman–Crippen MR) is 71.6 cm³/mol. The molecule has 0 bridgehead atoms. The van der Waals surface area contributed by atoms with E-state index in [9.17, 15) is 0 Å². The van der Waals surface area contributed by atoms with E-state index in [-0.39, 0.29) is 12.5 Å². The zero-order chi connectivity index (χ0) is 12.5. The molecule has 1 aliphatic heterocycles. The normalized spacial score (nSPS) is 19.7. The molecule has 17 heavy (non-hydrogen) atoms. The quantitative estimate of drug-likeness (QED) is 0.729. The highest BCUT2D eigenvalue weighted by Crippen LogP contribution is 2.21. The molecule has 2 rings (SSSR count). The van der Waals surface area contributed by atoms with Crippen LogP contribution in [-0.2, 0) is 9.31 Å². The Hall–Kier alpha value is -0.795. The zero-order valence-corrected chi connectivity index (χ0v) is 11.2. The number of benzene rings is 1. The van der Waals surface area contributed by atoms with E-state index < -0.39 is 0 Å². The van der Waals surface area contributed by atoms with Crippen LogP contribution in [0.1, 0.15) is 39.2 Å². The Morgan fingerprint density at radius 3 is 2.41 bits per heavy atom. The van der Waals surface area contributed by atoms with Crippen LogP contribution in [0.15, 0.2) is 24.3 Å². The van der Waals surface area contributed by atoms with Crippen molar-refractivity contribution in [1.29, 1.82) is 0 Å². The molecule has 0 aliphatic carbocycles.